The maximum atomic E-state index is 12.4. The molecule has 0 atom stereocenters. The molecule has 126 valence electrons. The number of likely N-dealkylation sites (tertiary alicyclic amines) is 1. The van der Waals surface area contributed by atoms with Gasteiger partial charge in [0.15, 0.2) is 0 Å². The number of furan rings is 1. The van der Waals surface area contributed by atoms with Crippen molar-refractivity contribution < 1.29 is 14.0 Å². The Kier molecular flexibility index (Phi) is 5.15. The van der Waals surface area contributed by atoms with Crippen LogP contribution in [0.25, 0.3) is 0 Å². The fraction of sp³-hybridized carbons (Fsp3) is 0.333. The predicted molar refractivity (Wildman–Crippen MR) is 90.6 cm³/mol. The van der Waals surface area contributed by atoms with Gasteiger partial charge in [0.1, 0.15) is 5.76 Å². The van der Waals surface area contributed by atoms with E-state index in [1.54, 1.807) is 24.5 Å². The van der Waals surface area contributed by atoms with Crippen molar-refractivity contribution in [2.45, 2.75) is 19.4 Å². The first kappa shape index (κ1) is 16.1. The summed E-state index contributed by atoms with van der Waals surface area (Å²) >= 11 is 0. The van der Waals surface area contributed by atoms with E-state index in [-0.39, 0.29) is 18.4 Å². The first-order chi connectivity index (χ1) is 11.7. The number of nitrogens with zero attached hydrogens (tertiary/aromatic N) is 1. The molecule has 2 aromatic rings. The lowest BCUT2D eigenvalue weighted by molar-refractivity contribution is -0.119. The number of amides is 2. The summed E-state index contributed by atoms with van der Waals surface area (Å²) in [4.78, 5) is 26.1. The van der Waals surface area contributed by atoms with Crippen molar-refractivity contribution in [3.8, 4) is 0 Å². The summed E-state index contributed by atoms with van der Waals surface area (Å²) in [6.45, 7) is 2.15. The smallest absolute Gasteiger partial charge is 0.253 e. The first-order valence-corrected chi connectivity index (χ1v) is 8.15. The summed E-state index contributed by atoms with van der Waals surface area (Å²) in [7, 11) is 0. The van der Waals surface area contributed by atoms with Crippen molar-refractivity contribution in [1.82, 2.24) is 10.2 Å². The van der Waals surface area contributed by atoms with E-state index in [9.17, 15) is 9.59 Å². The van der Waals surface area contributed by atoms with Crippen molar-refractivity contribution >= 4 is 17.5 Å². The van der Waals surface area contributed by atoms with E-state index in [2.05, 4.69) is 10.6 Å². The molecule has 1 fully saturated rings. The molecule has 2 heterocycles. The van der Waals surface area contributed by atoms with Crippen molar-refractivity contribution in [1.29, 1.82) is 0 Å². The van der Waals surface area contributed by atoms with Gasteiger partial charge in [0, 0.05) is 24.3 Å². The molecule has 1 aliphatic rings. The number of anilines is 1. The number of hydrogen-bond donors (Lipinski definition) is 2. The Labute approximate surface area is 140 Å². The van der Waals surface area contributed by atoms with Crippen molar-refractivity contribution in [3.05, 3.63) is 54.0 Å². The van der Waals surface area contributed by atoms with Crippen LogP contribution in [-0.2, 0) is 11.3 Å². The van der Waals surface area contributed by atoms with Crippen LogP contribution in [0.1, 0.15) is 29.0 Å². The Morgan fingerprint density at radius 3 is 2.71 bits per heavy atom. The normalized spacial score (nSPS) is 13.8. The second kappa shape index (κ2) is 7.68. The largest absolute Gasteiger partial charge is 0.467 e. The summed E-state index contributed by atoms with van der Waals surface area (Å²) in [5, 5.41) is 5.81. The minimum absolute atomic E-state index is 0.0541. The van der Waals surface area contributed by atoms with Crippen LogP contribution in [0, 0.1) is 0 Å². The van der Waals surface area contributed by atoms with E-state index in [1.807, 2.05) is 23.1 Å². The van der Waals surface area contributed by atoms with Crippen molar-refractivity contribution in [3.63, 3.8) is 0 Å². The third-order valence-electron chi connectivity index (χ3n) is 4.00. The topological polar surface area (TPSA) is 74.6 Å². The monoisotopic (exact) mass is 327 g/mol. The molecule has 0 unspecified atom stereocenters. The molecule has 6 heteroatoms. The van der Waals surface area contributed by atoms with E-state index in [0.29, 0.717) is 17.9 Å². The molecule has 1 aromatic carbocycles. The van der Waals surface area contributed by atoms with Gasteiger partial charge in [-0.3, -0.25) is 9.59 Å². The van der Waals surface area contributed by atoms with Gasteiger partial charge in [-0.2, -0.15) is 0 Å². The van der Waals surface area contributed by atoms with E-state index in [1.165, 1.54) is 0 Å². The fourth-order valence-electron chi connectivity index (χ4n) is 2.71. The van der Waals surface area contributed by atoms with Gasteiger partial charge in [0.2, 0.25) is 5.91 Å². The fourth-order valence-corrected chi connectivity index (χ4v) is 2.71. The maximum absolute atomic E-state index is 12.4. The zero-order chi connectivity index (χ0) is 16.8. The number of hydrogen-bond acceptors (Lipinski definition) is 4. The number of rotatable bonds is 6. The molecule has 0 spiro atoms. The van der Waals surface area contributed by atoms with Crippen LogP contribution in [0.2, 0.25) is 0 Å². The van der Waals surface area contributed by atoms with Crippen LogP contribution in [-0.4, -0.2) is 36.3 Å². The van der Waals surface area contributed by atoms with Gasteiger partial charge in [-0.05, 0) is 43.2 Å². The molecule has 1 aliphatic heterocycles. The van der Waals surface area contributed by atoms with Gasteiger partial charge in [0.05, 0.1) is 19.4 Å². The molecule has 2 N–H and O–H groups in total. The van der Waals surface area contributed by atoms with E-state index in [4.69, 9.17) is 4.42 Å². The minimum atomic E-state index is -0.136. The van der Waals surface area contributed by atoms with Gasteiger partial charge in [-0.15, -0.1) is 0 Å². The van der Waals surface area contributed by atoms with Gasteiger partial charge in [0.25, 0.3) is 5.91 Å². The summed E-state index contributed by atoms with van der Waals surface area (Å²) < 4.78 is 5.16. The zero-order valence-electron chi connectivity index (χ0n) is 13.5. The maximum Gasteiger partial charge on any atom is 0.253 e. The van der Waals surface area contributed by atoms with Crippen LogP contribution < -0.4 is 10.6 Å². The number of benzene rings is 1. The van der Waals surface area contributed by atoms with Crippen LogP contribution in [0.5, 0.6) is 0 Å². The summed E-state index contributed by atoms with van der Waals surface area (Å²) in [5.41, 5.74) is 1.41. The van der Waals surface area contributed by atoms with Crippen LogP contribution in [0.4, 0.5) is 5.69 Å². The van der Waals surface area contributed by atoms with E-state index < -0.39 is 0 Å². The lowest BCUT2D eigenvalue weighted by Crippen LogP contribution is -2.29. The molecular weight excluding hydrogens is 306 g/mol. The Bertz CT molecular complexity index is 691. The highest BCUT2D eigenvalue weighted by Crippen LogP contribution is 2.16. The molecule has 24 heavy (non-hydrogen) atoms. The summed E-state index contributed by atoms with van der Waals surface area (Å²) in [6, 6.07) is 10.9. The predicted octanol–water partition coefficient (Wildman–Crippen LogP) is 2.24. The van der Waals surface area contributed by atoms with Crippen LogP contribution in [0.15, 0.2) is 47.1 Å². The lowest BCUT2D eigenvalue weighted by atomic mass is 10.1. The van der Waals surface area contributed by atoms with Crippen molar-refractivity contribution in [2.24, 2.45) is 0 Å². The Morgan fingerprint density at radius 2 is 1.96 bits per heavy atom. The Hall–Kier alpha value is -2.76. The Balaban J connectivity index is 1.50. The minimum Gasteiger partial charge on any atom is -0.467 e. The van der Waals surface area contributed by atoms with Crippen LogP contribution in [0.3, 0.4) is 0 Å². The highest BCUT2D eigenvalue weighted by Gasteiger charge is 2.19. The summed E-state index contributed by atoms with van der Waals surface area (Å²) in [5.74, 6) is 0.627. The summed E-state index contributed by atoms with van der Waals surface area (Å²) in [6.07, 6.45) is 3.71. The quantitative estimate of drug-likeness (QED) is 0.853. The average molecular weight is 327 g/mol. The van der Waals surface area contributed by atoms with E-state index >= 15 is 0 Å². The molecule has 1 saturated heterocycles. The number of carbonyl (C=O) groups excluding carboxylic acids is 2. The molecule has 0 saturated carbocycles. The highest BCUT2D eigenvalue weighted by molar-refractivity contribution is 5.95. The first-order valence-electron chi connectivity index (χ1n) is 8.15. The van der Waals surface area contributed by atoms with Gasteiger partial charge < -0.3 is 20.0 Å². The Morgan fingerprint density at radius 1 is 1.12 bits per heavy atom. The highest BCUT2D eigenvalue weighted by atomic mass is 16.3. The second-order valence-corrected chi connectivity index (χ2v) is 5.79. The molecule has 0 bridgehead atoms. The molecule has 2 amide bonds. The SMILES string of the molecule is O=C(CNc1cccc(C(=O)N2CCCC2)c1)NCc1ccco1. The average Bonchev–Trinajstić information content (AvgIpc) is 3.31. The van der Waals surface area contributed by atoms with Gasteiger partial charge >= 0.3 is 0 Å². The van der Waals surface area contributed by atoms with Crippen molar-refractivity contribution in [2.75, 3.05) is 25.0 Å². The standard InChI is InChI=1S/C18H21N3O3/c22-17(20-12-16-7-4-10-24-16)13-19-15-6-3-5-14(11-15)18(23)21-8-1-2-9-21/h3-7,10-11,19H,1-2,8-9,12-13H2,(H,20,22). The molecule has 6 nitrogen and oxygen atoms in total. The third-order valence-corrected chi connectivity index (χ3v) is 4.00. The van der Waals surface area contributed by atoms with Gasteiger partial charge in [-0.25, -0.2) is 0 Å². The molecule has 1 aromatic heterocycles. The second-order valence-electron chi connectivity index (χ2n) is 5.79. The molecule has 3 rings (SSSR count). The zero-order valence-corrected chi connectivity index (χ0v) is 13.5. The van der Waals surface area contributed by atoms with E-state index in [0.717, 1.165) is 31.6 Å². The number of carbonyl (C=O) groups is 2. The third kappa shape index (κ3) is 4.16. The molecule has 0 radical (unpaired) electrons. The molecular formula is C18H21N3O3. The lowest BCUT2D eigenvalue weighted by Gasteiger charge is -2.16. The number of nitrogens with one attached hydrogen (secondary N) is 2. The van der Waals surface area contributed by atoms with Gasteiger partial charge in [-0.1, -0.05) is 6.07 Å². The molecule has 0 aliphatic carbocycles. The van der Waals surface area contributed by atoms with Crippen LogP contribution >= 0.6 is 0 Å².